The molecule has 0 radical (unpaired) electrons. The lowest BCUT2D eigenvalue weighted by Crippen LogP contribution is -2.24. The SMILES string of the molecule is CC(=O)C(C)Sc1nc2ccccc2c(=O)n1-c1cccc(C)c1C. The standard InChI is InChI=1S/C20H20N2O2S/c1-12-8-7-11-18(13(12)2)22-19(24)16-9-5-6-10-17(16)21-20(22)25-15(4)14(3)23/h5-11,15H,1-4H3. The van der Waals surface area contributed by atoms with Crippen molar-refractivity contribution in [1.82, 2.24) is 9.55 Å². The molecule has 1 heterocycles. The van der Waals surface area contributed by atoms with Crippen molar-refractivity contribution in [2.24, 2.45) is 0 Å². The lowest BCUT2D eigenvalue weighted by atomic mass is 10.1. The van der Waals surface area contributed by atoms with Gasteiger partial charge in [-0.1, -0.05) is 36.0 Å². The van der Waals surface area contributed by atoms with Crippen LogP contribution in [0.25, 0.3) is 16.6 Å². The summed E-state index contributed by atoms with van der Waals surface area (Å²) < 4.78 is 1.63. The highest BCUT2D eigenvalue weighted by molar-refractivity contribution is 8.00. The number of carbonyl (C=O) groups excluding carboxylic acids is 1. The van der Waals surface area contributed by atoms with Crippen molar-refractivity contribution in [3.05, 3.63) is 63.9 Å². The fourth-order valence-corrected chi connectivity index (χ4v) is 3.54. The summed E-state index contributed by atoms with van der Waals surface area (Å²) in [6.45, 7) is 7.40. The molecule has 0 amide bonds. The maximum Gasteiger partial charge on any atom is 0.266 e. The van der Waals surface area contributed by atoms with Gasteiger partial charge in [-0.2, -0.15) is 0 Å². The van der Waals surface area contributed by atoms with Gasteiger partial charge in [0.2, 0.25) is 0 Å². The third kappa shape index (κ3) is 3.24. The summed E-state index contributed by atoms with van der Waals surface area (Å²) in [6.07, 6.45) is 0. The third-order valence-electron chi connectivity index (χ3n) is 4.42. The topological polar surface area (TPSA) is 52.0 Å². The van der Waals surface area contributed by atoms with E-state index in [1.165, 1.54) is 11.8 Å². The molecule has 0 spiro atoms. The van der Waals surface area contributed by atoms with Crippen LogP contribution in [0.15, 0.2) is 52.4 Å². The molecule has 1 unspecified atom stereocenters. The number of thioether (sulfide) groups is 1. The summed E-state index contributed by atoms with van der Waals surface area (Å²) in [7, 11) is 0. The summed E-state index contributed by atoms with van der Waals surface area (Å²) >= 11 is 1.32. The zero-order valence-electron chi connectivity index (χ0n) is 14.7. The molecule has 0 bridgehead atoms. The Labute approximate surface area is 150 Å². The van der Waals surface area contributed by atoms with Gasteiger partial charge in [-0.25, -0.2) is 4.98 Å². The van der Waals surface area contributed by atoms with E-state index in [0.29, 0.717) is 16.1 Å². The molecule has 2 aromatic carbocycles. The molecular formula is C20H20N2O2S. The van der Waals surface area contributed by atoms with E-state index in [0.717, 1.165) is 16.8 Å². The van der Waals surface area contributed by atoms with Gasteiger partial charge in [0.05, 0.1) is 21.8 Å². The quantitative estimate of drug-likeness (QED) is 0.525. The van der Waals surface area contributed by atoms with Crippen LogP contribution in [-0.2, 0) is 4.79 Å². The predicted octanol–water partition coefficient (Wildman–Crippen LogP) is 4.07. The smallest absolute Gasteiger partial charge is 0.266 e. The molecule has 128 valence electrons. The number of aromatic nitrogens is 2. The molecule has 0 aliphatic heterocycles. The predicted molar refractivity (Wildman–Crippen MR) is 103 cm³/mol. The van der Waals surface area contributed by atoms with Crippen LogP contribution in [0.5, 0.6) is 0 Å². The van der Waals surface area contributed by atoms with Crippen LogP contribution in [0.3, 0.4) is 0 Å². The van der Waals surface area contributed by atoms with Gasteiger partial charge in [-0.15, -0.1) is 0 Å². The van der Waals surface area contributed by atoms with Crippen molar-refractivity contribution >= 4 is 28.4 Å². The molecular weight excluding hydrogens is 332 g/mol. The lowest BCUT2D eigenvalue weighted by molar-refractivity contribution is -0.116. The number of para-hydroxylation sites is 1. The van der Waals surface area contributed by atoms with Crippen LogP contribution < -0.4 is 5.56 Å². The zero-order valence-corrected chi connectivity index (χ0v) is 15.6. The Balaban J connectivity index is 2.34. The number of hydrogen-bond donors (Lipinski definition) is 0. The summed E-state index contributed by atoms with van der Waals surface area (Å²) in [4.78, 5) is 29.6. The normalized spacial score (nSPS) is 12.3. The van der Waals surface area contributed by atoms with Gasteiger partial charge in [0.1, 0.15) is 5.78 Å². The Morgan fingerprint density at radius 1 is 1.12 bits per heavy atom. The number of nitrogens with zero attached hydrogens (tertiary/aromatic N) is 2. The monoisotopic (exact) mass is 352 g/mol. The number of ketones is 1. The van der Waals surface area contributed by atoms with Gasteiger partial charge in [-0.3, -0.25) is 14.2 Å². The molecule has 0 saturated carbocycles. The van der Waals surface area contributed by atoms with E-state index in [2.05, 4.69) is 4.98 Å². The first-order valence-electron chi connectivity index (χ1n) is 8.15. The van der Waals surface area contributed by atoms with E-state index in [-0.39, 0.29) is 16.6 Å². The highest BCUT2D eigenvalue weighted by Gasteiger charge is 2.19. The molecule has 4 nitrogen and oxygen atoms in total. The number of benzene rings is 2. The van der Waals surface area contributed by atoms with Gasteiger partial charge < -0.3 is 0 Å². The Hall–Kier alpha value is -2.40. The van der Waals surface area contributed by atoms with Crippen molar-refractivity contribution in [2.75, 3.05) is 0 Å². The lowest BCUT2D eigenvalue weighted by Gasteiger charge is -2.17. The molecule has 0 fully saturated rings. The summed E-state index contributed by atoms with van der Waals surface area (Å²) in [6, 6.07) is 13.2. The molecule has 3 rings (SSSR count). The van der Waals surface area contributed by atoms with Crippen LogP contribution in [0.1, 0.15) is 25.0 Å². The minimum atomic E-state index is -0.274. The second kappa shape index (κ2) is 6.84. The molecule has 1 atom stereocenters. The first kappa shape index (κ1) is 17.4. The van der Waals surface area contributed by atoms with E-state index >= 15 is 0 Å². The molecule has 0 aliphatic carbocycles. The second-order valence-electron chi connectivity index (χ2n) is 6.14. The average Bonchev–Trinajstić information content (AvgIpc) is 2.58. The van der Waals surface area contributed by atoms with Crippen LogP contribution in [-0.4, -0.2) is 20.6 Å². The molecule has 0 N–H and O–H groups in total. The van der Waals surface area contributed by atoms with Gasteiger partial charge in [0, 0.05) is 0 Å². The molecule has 3 aromatic rings. The molecule has 1 aromatic heterocycles. The van der Waals surface area contributed by atoms with E-state index in [9.17, 15) is 9.59 Å². The summed E-state index contributed by atoms with van der Waals surface area (Å²) in [5.74, 6) is 0.0555. The summed E-state index contributed by atoms with van der Waals surface area (Å²) in [5, 5.41) is 0.841. The van der Waals surface area contributed by atoms with E-state index in [4.69, 9.17) is 0 Å². The molecule has 0 saturated heterocycles. The van der Waals surface area contributed by atoms with Gasteiger partial charge in [0.25, 0.3) is 5.56 Å². The Kier molecular flexibility index (Phi) is 4.77. The Morgan fingerprint density at radius 2 is 1.84 bits per heavy atom. The molecule has 0 aliphatic rings. The van der Waals surface area contributed by atoms with E-state index in [1.807, 2.05) is 57.2 Å². The van der Waals surface area contributed by atoms with E-state index < -0.39 is 0 Å². The highest BCUT2D eigenvalue weighted by Crippen LogP contribution is 2.27. The molecule has 5 heteroatoms. The first-order chi connectivity index (χ1) is 11.9. The summed E-state index contributed by atoms with van der Waals surface area (Å²) in [5.41, 5.74) is 3.47. The average molecular weight is 352 g/mol. The van der Waals surface area contributed by atoms with Crippen LogP contribution in [0, 0.1) is 13.8 Å². The van der Waals surface area contributed by atoms with Crippen molar-refractivity contribution in [3.63, 3.8) is 0 Å². The second-order valence-corrected chi connectivity index (χ2v) is 7.45. The minimum absolute atomic E-state index is 0.0555. The van der Waals surface area contributed by atoms with Gasteiger partial charge in [0.15, 0.2) is 5.16 Å². The van der Waals surface area contributed by atoms with Gasteiger partial charge >= 0.3 is 0 Å². The van der Waals surface area contributed by atoms with E-state index in [1.54, 1.807) is 17.6 Å². The zero-order chi connectivity index (χ0) is 18.1. The van der Waals surface area contributed by atoms with Crippen molar-refractivity contribution in [2.45, 2.75) is 38.1 Å². The number of rotatable bonds is 4. The fourth-order valence-electron chi connectivity index (χ4n) is 2.62. The number of fused-ring (bicyclic) bond motifs is 1. The fraction of sp³-hybridized carbons (Fsp3) is 0.250. The highest BCUT2D eigenvalue weighted by atomic mass is 32.2. The number of Topliss-reactive ketones (excluding diaryl/α,β-unsaturated/α-hetero) is 1. The first-order valence-corrected chi connectivity index (χ1v) is 9.03. The molecule has 25 heavy (non-hydrogen) atoms. The van der Waals surface area contributed by atoms with Gasteiger partial charge in [-0.05, 0) is 57.0 Å². The van der Waals surface area contributed by atoms with Crippen LogP contribution >= 0.6 is 11.8 Å². The number of aryl methyl sites for hydroxylation is 1. The van der Waals surface area contributed by atoms with Crippen LogP contribution in [0.4, 0.5) is 0 Å². The Bertz CT molecular complexity index is 1020. The maximum atomic E-state index is 13.2. The maximum absolute atomic E-state index is 13.2. The Morgan fingerprint density at radius 3 is 2.56 bits per heavy atom. The third-order valence-corrected chi connectivity index (χ3v) is 5.59. The minimum Gasteiger partial charge on any atom is -0.299 e. The number of carbonyl (C=O) groups is 1. The van der Waals surface area contributed by atoms with Crippen molar-refractivity contribution in [1.29, 1.82) is 0 Å². The van der Waals surface area contributed by atoms with Crippen molar-refractivity contribution in [3.8, 4) is 5.69 Å². The number of hydrogen-bond acceptors (Lipinski definition) is 4. The largest absolute Gasteiger partial charge is 0.299 e. The van der Waals surface area contributed by atoms with Crippen LogP contribution in [0.2, 0.25) is 0 Å². The van der Waals surface area contributed by atoms with Crippen molar-refractivity contribution < 1.29 is 4.79 Å².